The van der Waals surface area contributed by atoms with Gasteiger partial charge in [0, 0.05) is 34.9 Å². The summed E-state index contributed by atoms with van der Waals surface area (Å²) in [6, 6.07) is 15.8. The number of benzene rings is 2. The minimum Gasteiger partial charge on any atom is -0.394 e. The van der Waals surface area contributed by atoms with E-state index in [4.69, 9.17) is 0 Å². The van der Waals surface area contributed by atoms with Gasteiger partial charge < -0.3 is 25.5 Å². The highest BCUT2D eigenvalue weighted by Gasteiger charge is 2.77. The number of hydrogen-bond acceptors (Lipinski definition) is 6. The van der Waals surface area contributed by atoms with Crippen molar-refractivity contribution in [2.75, 3.05) is 35.2 Å². The van der Waals surface area contributed by atoms with Crippen LogP contribution in [0.2, 0.25) is 0 Å². The Balaban J connectivity index is 1.50. The molecular formula is C33H44N4O4S. The number of amides is 3. The number of aliphatic hydroxyl groups is 1. The van der Waals surface area contributed by atoms with Crippen LogP contribution in [0.3, 0.4) is 0 Å². The first-order valence-electron chi connectivity index (χ1n) is 15.2. The number of nitrogens with one attached hydrogen (secondary N) is 2. The number of hydrogen-bond donors (Lipinski definition) is 3. The molecule has 3 heterocycles. The van der Waals surface area contributed by atoms with Crippen molar-refractivity contribution in [1.29, 1.82) is 0 Å². The van der Waals surface area contributed by atoms with Crippen molar-refractivity contribution in [3.63, 3.8) is 0 Å². The Hall–Kier alpha value is -3.04. The van der Waals surface area contributed by atoms with E-state index >= 15 is 0 Å². The largest absolute Gasteiger partial charge is 0.394 e. The molecule has 8 nitrogen and oxygen atoms in total. The van der Waals surface area contributed by atoms with E-state index in [1.807, 2.05) is 68.4 Å². The number of likely N-dealkylation sites (tertiary alicyclic amines) is 1. The van der Waals surface area contributed by atoms with Gasteiger partial charge in [-0.3, -0.25) is 14.4 Å². The van der Waals surface area contributed by atoms with Crippen LogP contribution in [-0.4, -0.2) is 69.0 Å². The van der Waals surface area contributed by atoms with E-state index in [0.717, 1.165) is 25.2 Å². The third-order valence-corrected chi connectivity index (χ3v) is 11.4. The van der Waals surface area contributed by atoms with Gasteiger partial charge in [-0.1, -0.05) is 32.0 Å². The summed E-state index contributed by atoms with van der Waals surface area (Å²) in [4.78, 5) is 46.5. The van der Waals surface area contributed by atoms with E-state index in [2.05, 4.69) is 36.3 Å². The number of aliphatic hydroxyl groups excluding tert-OH is 1. The number of fused-ring (bicyclic) bond motifs is 1. The maximum Gasteiger partial charge on any atom is 0.248 e. The van der Waals surface area contributed by atoms with Crippen LogP contribution in [0.1, 0.15) is 53.9 Å². The molecule has 5 rings (SSSR count). The van der Waals surface area contributed by atoms with Gasteiger partial charge in [0.05, 0.1) is 29.2 Å². The van der Waals surface area contributed by atoms with Crippen LogP contribution in [0.25, 0.3) is 0 Å². The molecule has 0 aromatic heterocycles. The maximum atomic E-state index is 14.5. The molecule has 0 saturated carbocycles. The summed E-state index contributed by atoms with van der Waals surface area (Å²) in [5, 5.41) is 16.7. The van der Waals surface area contributed by atoms with Gasteiger partial charge in [-0.2, -0.15) is 0 Å². The number of rotatable bonds is 11. The Morgan fingerprint density at radius 3 is 2.21 bits per heavy atom. The Bertz CT molecular complexity index is 1300. The third kappa shape index (κ3) is 5.19. The second-order valence-corrected chi connectivity index (χ2v) is 14.4. The van der Waals surface area contributed by atoms with Crippen molar-refractivity contribution < 1.29 is 19.5 Å². The highest BCUT2D eigenvalue weighted by molar-refractivity contribution is 8.02. The standard InChI is InChI=1S/C33H44N4O4S/c1-6-36(7-2)24-15-13-23(14-16-24)35-30(40)28-33-18-17-32(5,42-33)26(29(39)34-22-11-9-8-10-12-22)27(33)31(41)37(28)25(20-38)19-21(3)4/h8-16,21,25-28,38H,6-7,17-20H2,1-5H3,(H,34,39)(H,35,40)/t25-,26-,27+,28?,32+,33?/m1/s1. The van der Waals surface area contributed by atoms with E-state index in [1.54, 1.807) is 16.7 Å². The predicted octanol–water partition coefficient (Wildman–Crippen LogP) is 5.00. The minimum atomic E-state index is -0.797. The highest BCUT2D eigenvalue weighted by Crippen LogP contribution is 2.71. The van der Waals surface area contributed by atoms with Gasteiger partial charge in [0.2, 0.25) is 17.7 Å². The molecule has 3 saturated heterocycles. The van der Waals surface area contributed by atoms with E-state index in [-0.39, 0.29) is 30.2 Å². The molecule has 226 valence electrons. The van der Waals surface area contributed by atoms with Crippen molar-refractivity contribution >= 4 is 46.5 Å². The predicted molar refractivity (Wildman–Crippen MR) is 170 cm³/mol. The normalized spacial score (nSPS) is 28.6. The summed E-state index contributed by atoms with van der Waals surface area (Å²) in [6.45, 7) is 11.9. The van der Waals surface area contributed by atoms with Crippen LogP contribution in [-0.2, 0) is 14.4 Å². The molecular weight excluding hydrogens is 548 g/mol. The fourth-order valence-corrected chi connectivity index (χ4v) is 9.92. The number of carbonyl (C=O) groups is 3. The van der Waals surface area contributed by atoms with Crippen molar-refractivity contribution in [2.45, 2.75) is 75.5 Å². The molecule has 3 fully saturated rings. The van der Waals surface area contributed by atoms with E-state index < -0.39 is 33.4 Å². The Morgan fingerprint density at radius 2 is 1.62 bits per heavy atom. The summed E-state index contributed by atoms with van der Waals surface area (Å²) in [5.74, 6) is -1.67. The third-order valence-electron chi connectivity index (χ3n) is 9.40. The first-order valence-corrected chi connectivity index (χ1v) is 16.0. The van der Waals surface area contributed by atoms with Crippen LogP contribution in [0.15, 0.2) is 54.6 Å². The minimum absolute atomic E-state index is 0.187. The Labute approximate surface area is 253 Å². The highest BCUT2D eigenvalue weighted by atomic mass is 32.2. The zero-order valence-electron chi connectivity index (χ0n) is 25.3. The van der Waals surface area contributed by atoms with Gasteiger partial charge >= 0.3 is 0 Å². The molecule has 1 spiro atoms. The van der Waals surface area contributed by atoms with Crippen LogP contribution in [0.5, 0.6) is 0 Å². The summed E-state index contributed by atoms with van der Waals surface area (Å²) in [6.07, 6.45) is 1.96. The molecule has 3 aliphatic heterocycles. The number of thioether (sulfide) groups is 1. The number of carbonyl (C=O) groups excluding carboxylic acids is 3. The van der Waals surface area contributed by atoms with E-state index in [9.17, 15) is 19.5 Å². The molecule has 3 N–H and O–H groups in total. The number of anilines is 3. The van der Waals surface area contributed by atoms with Crippen LogP contribution >= 0.6 is 11.8 Å². The molecule has 0 radical (unpaired) electrons. The van der Waals surface area contributed by atoms with Gasteiger partial charge in [0.15, 0.2) is 0 Å². The fourth-order valence-electron chi connectivity index (χ4n) is 7.57. The SMILES string of the molecule is CCN(CC)c1ccc(NC(=O)C2N([C@@H](CO)CC(C)C)C(=O)[C@@H]3[C@H](C(=O)Nc4ccccc4)[C@]4(C)CCC23S4)cc1. The molecule has 42 heavy (non-hydrogen) atoms. The van der Waals surface area contributed by atoms with Crippen LogP contribution < -0.4 is 15.5 Å². The molecule has 2 unspecified atom stereocenters. The molecule has 3 aliphatic rings. The lowest BCUT2D eigenvalue weighted by Gasteiger charge is -2.37. The topological polar surface area (TPSA) is 102 Å². The average molecular weight is 593 g/mol. The summed E-state index contributed by atoms with van der Waals surface area (Å²) in [5.41, 5.74) is 2.43. The van der Waals surface area contributed by atoms with Crippen LogP contribution in [0, 0.1) is 17.8 Å². The maximum absolute atomic E-state index is 14.5. The van der Waals surface area contributed by atoms with E-state index in [0.29, 0.717) is 24.2 Å². The van der Waals surface area contributed by atoms with Gasteiger partial charge in [-0.25, -0.2) is 0 Å². The van der Waals surface area contributed by atoms with Gasteiger partial charge in [0.1, 0.15) is 6.04 Å². The average Bonchev–Trinajstić information content (AvgIpc) is 3.54. The van der Waals surface area contributed by atoms with Gasteiger partial charge in [-0.15, -0.1) is 11.8 Å². The van der Waals surface area contributed by atoms with Crippen molar-refractivity contribution in [1.82, 2.24) is 4.90 Å². The van der Waals surface area contributed by atoms with Crippen molar-refractivity contribution in [3.8, 4) is 0 Å². The number of nitrogens with zero attached hydrogens (tertiary/aromatic N) is 2. The first kappa shape index (κ1) is 30.4. The molecule has 2 aromatic rings. The molecule has 3 amide bonds. The molecule has 2 bridgehead atoms. The van der Waals surface area contributed by atoms with Gasteiger partial charge in [0.25, 0.3) is 0 Å². The monoisotopic (exact) mass is 592 g/mol. The smallest absolute Gasteiger partial charge is 0.248 e. The lowest BCUT2D eigenvalue weighted by atomic mass is 9.66. The van der Waals surface area contributed by atoms with E-state index in [1.165, 1.54) is 0 Å². The molecule has 0 aliphatic carbocycles. The molecule has 6 atom stereocenters. The lowest BCUT2D eigenvalue weighted by Crippen LogP contribution is -2.55. The quantitative estimate of drug-likeness (QED) is 0.340. The molecule has 9 heteroatoms. The van der Waals surface area contributed by atoms with Crippen LogP contribution in [0.4, 0.5) is 17.1 Å². The Kier molecular flexibility index (Phi) is 8.63. The zero-order valence-corrected chi connectivity index (χ0v) is 26.1. The second-order valence-electron chi connectivity index (χ2n) is 12.5. The summed E-state index contributed by atoms with van der Waals surface area (Å²) in [7, 11) is 0. The second kappa shape index (κ2) is 11.9. The van der Waals surface area contributed by atoms with Gasteiger partial charge in [-0.05, 0) is 82.3 Å². The Morgan fingerprint density at radius 1 is 1.00 bits per heavy atom. The van der Waals surface area contributed by atoms with Crippen molar-refractivity contribution in [3.05, 3.63) is 54.6 Å². The fraction of sp³-hybridized carbons (Fsp3) is 0.545. The summed E-state index contributed by atoms with van der Waals surface area (Å²) < 4.78 is -1.22. The van der Waals surface area contributed by atoms with Crippen molar-refractivity contribution in [2.24, 2.45) is 17.8 Å². The number of para-hydroxylation sites is 1. The summed E-state index contributed by atoms with van der Waals surface area (Å²) >= 11 is 1.64. The lowest BCUT2D eigenvalue weighted by molar-refractivity contribution is -0.142. The molecule has 2 aromatic carbocycles. The zero-order chi connectivity index (χ0) is 30.2. The first-order chi connectivity index (χ1) is 20.1.